The maximum Gasteiger partial charge on any atom is 0.343 e. The number of esters is 2. The van der Waals surface area contributed by atoms with E-state index in [4.69, 9.17) is 13.9 Å². The van der Waals surface area contributed by atoms with E-state index in [1.807, 2.05) is 6.92 Å². The Hall–Kier alpha value is -4.73. The summed E-state index contributed by atoms with van der Waals surface area (Å²) in [4.78, 5) is 59.6. The molecule has 0 radical (unpaired) electrons. The molecular weight excluding hydrogens is 456 g/mol. The Bertz CT molecular complexity index is 1200. The van der Waals surface area contributed by atoms with Gasteiger partial charge in [-0.3, -0.25) is 19.2 Å². The van der Waals surface area contributed by atoms with Crippen LogP contribution in [0.3, 0.4) is 0 Å². The Kier molecular flexibility index (Phi) is 8.49. The normalized spacial score (nSPS) is 10.2. The lowest BCUT2D eigenvalue weighted by Crippen LogP contribution is -2.39. The van der Waals surface area contributed by atoms with Crippen LogP contribution in [-0.2, 0) is 14.3 Å². The maximum absolute atomic E-state index is 12.2. The molecule has 0 unspecified atom stereocenters. The molecule has 180 valence electrons. The van der Waals surface area contributed by atoms with Crippen molar-refractivity contribution >= 4 is 29.5 Å². The summed E-state index contributed by atoms with van der Waals surface area (Å²) in [6, 6.07) is 15.7. The van der Waals surface area contributed by atoms with Crippen LogP contribution < -0.4 is 15.4 Å². The molecule has 1 heterocycles. The fraction of sp³-hybridized carbons (Fsp3) is 0.160. The lowest BCUT2D eigenvalue weighted by Gasteiger charge is -2.08. The van der Waals surface area contributed by atoms with Gasteiger partial charge in [0.2, 0.25) is 5.91 Å². The van der Waals surface area contributed by atoms with Gasteiger partial charge < -0.3 is 24.5 Å². The predicted molar refractivity (Wildman–Crippen MR) is 122 cm³/mol. The summed E-state index contributed by atoms with van der Waals surface area (Å²) in [5.41, 5.74) is 1.66. The SMILES string of the molecule is Cc1ccc(C(=O)Oc2ccc(C(=O)COC(=O)CNC(=O)CNC(=O)c3ccco3)cc2)cc1. The molecule has 0 atom stereocenters. The number of rotatable bonds is 10. The minimum atomic E-state index is -0.826. The molecule has 10 nitrogen and oxygen atoms in total. The topological polar surface area (TPSA) is 141 Å². The zero-order valence-electron chi connectivity index (χ0n) is 18.7. The summed E-state index contributed by atoms with van der Waals surface area (Å²) in [6.45, 7) is 0.528. The van der Waals surface area contributed by atoms with Crippen LogP contribution >= 0.6 is 0 Å². The first kappa shape index (κ1) is 24.9. The molecule has 3 aromatic rings. The van der Waals surface area contributed by atoms with Crippen molar-refractivity contribution in [3.05, 3.63) is 89.4 Å². The van der Waals surface area contributed by atoms with Crippen LogP contribution in [0, 0.1) is 6.92 Å². The molecule has 0 bridgehead atoms. The maximum atomic E-state index is 12.2. The molecule has 0 saturated carbocycles. The number of nitrogens with one attached hydrogen (secondary N) is 2. The third kappa shape index (κ3) is 7.67. The number of carbonyl (C=O) groups excluding carboxylic acids is 5. The van der Waals surface area contributed by atoms with Crippen molar-refractivity contribution in [3.8, 4) is 5.75 Å². The number of furan rings is 1. The van der Waals surface area contributed by atoms with E-state index in [1.54, 1.807) is 24.3 Å². The highest BCUT2D eigenvalue weighted by molar-refractivity contribution is 5.98. The van der Waals surface area contributed by atoms with Crippen molar-refractivity contribution in [3.63, 3.8) is 0 Å². The zero-order valence-corrected chi connectivity index (χ0v) is 18.7. The molecule has 2 aromatic carbocycles. The van der Waals surface area contributed by atoms with E-state index in [9.17, 15) is 24.0 Å². The zero-order chi connectivity index (χ0) is 25.2. The molecule has 1 aromatic heterocycles. The number of ether oxygens (including phenoxy) is 2. The molecule has 0 spiro atoms. The van der Waals surface area contributed by atoms with Gasteiger partial charge in [-0.1, -0.05) is 17.7 Å². The van der Waals surface area contributed by atoms with Crippen molar-refractivity contribution in [2.24, 2.45) is 0 Å². The average Bonchev–Trinajstić information content (AvgIpc) is 3.40. The van der Waals surface area contributed by atoms with Crippen LogP contribution in [-0.4, -0.2) is 49.2 Å². The predicted octanol–water partition coefficient (Wildman–Crippen LogP) is 2.08. The van der Waals surface area contributed by atoms with Gasteiger partial charge in [0.25, 0.3) is 5.91 Å². The number of aryl methyl sites for hydroxylation is 1. The highest BCUT2D eigenvalue weighted by Gasteiger charge is 2.14. The number of hydrogen-bond donors (Lipinski definition) is 2. The summed E-state index contributed by atoms with van der Waals surface area (Å²) >= 11 is 0. The molecule has 0 aliphatic heterocycles. The summed E-state index contributed by atoms with van der Waals surface area (Å²) in [6.07, 6.45) is 1.32. The van der Waals surface area contributed by atoms with Gasteiger partial charge in [0.15, 0.2) is 18.2 Å². The first-order valence-corrected chi connectivity index (χ1v) is 10.5. The Balaban J connectivity index is 1.37. The molecule has 2 N–H and O–H groups in total. The number of ketones is 1. The first-order chi connectivity index (χ1) is 16.8. The van der Waals surface area contributed by atoms with Crippen molar-refractivity contribution in [2.75, 3.05) is 19.7 Å². The fourth-order valence-electron chi connectivity index (χ4n) is 2.73. The van der Waals surface area contributed by atoms with E-state index in [0.717, 1.165) is 5.56 Å². The number of amides is 2. The van der Waals surface area contributed by atoms with E-state index in [-0.39, 0.29) is 23.6 Å². The summed E-state index contributed by atoms with van der Waals surface area (Å²) in [5.74, 6) is -2.72. The Morgan fingerprint density at radius 3 is 2.17 bits per heavy atom. The lowest BCUT2D eigenvalue weighted by molar-refractivity contribution is -0.142. The van der Waals surface area contributed by atoms with E-state index >= 15 is 0 Å². The van der Waals surface area contributed by atoms with Gasteiger partial charge in [-0.05, 0) is 55.5 Å². The second-order valence-corrected chi connectivity index (χ2v) is 7.30. The van der Waals surface area contributed by atoms with Crippen LogP contribution in [0.15, 0.2) is 71.3 Å². The molecule has 3 rings (SSSR count). The highest BCUT2D eigenvalue weighted by atomic mass is 16.5. The van der Waals surface area contributed by atoms with Crippen LogP contribution in [0.4, 0.5) is 0 Å². The second-order valence-electron chi connectivity index (χ2n) is 7.30. The number of Topliss-reactive ketones (excluding diaryl/α,β-unsaturated/α-hetero) is 1. The monoisotopic (exact) mass is 478 g/mol. The van der Waals surface area contributed by atoms with Gasteiger partial charge >= 0.3 is 11.9 Å². The summed E-state index contributed by atoms with van der Waals surface area (Å²) in [5, 5.41) is 4.60. The minimum Gasteiger partial charge on any atom is -0.459 e. The van der Waals surface area contributed by atoms with Crippen molar-refractivity contribution < 1.29 is 37.9 Å². The largest absolute Gasteiger partial charge is 0.459 e. The van der Waals surface area contributed by atoms with E-state index in [2.05, 4.69) is 10.6 Å². The van der Waals surface area contributed by atoms with E-state index in [0.29, 0.717) is 5.56 Å². The molecule has 2 amide bonds. The van der Waals surface area contributed by atoms with Crippen LogP contribution in [0.1, 0.15) is 36.8 Å². The standard InChI is InChI=1S/C25H22N2O8/c1-16-4-6-18(7-5-16)25(32)35-19-10-8-17(9-11-19)20(28)15-34-23(30)14-26-22(29)13-27-24(31)21-3-2-12-33-21/h2-12H,13-15H2,1H3,(H,26,29)(H,27,31). The van der Waals surface area contributed by atoms with Crippen LogP contribution in [0.2, 0.25) is 0 Å². The molecular formula is C25H22N2O8. The number of carbonyl (C=O) groups is 5. The smallest absolute Gasteiger partial charge is 0.343 e. The van der Waals surface area contributed by atoms with Crippen LogP contribution in [0.25, 0.3) is 0 Å². The van der Waals surface area contributed by atoms with Crippen molar-refractivity contribution in [2.45, 2.75) is 6.92 Å². The Labute approximate surface area is 200 Å². The van der Waals surface area contributed by atoms with Gasteiger partial charge in [-0.2, -0.15) is 0 Å². The fourth-order valence-corrected chi connectivity index (χ4v) is 2.73. The van der Waals surface area contributed by atoms with Gasteiger partial charge in [0.05, 0.1) is 18.4 Å². The molecule has 0 fully saturated rings. The molecule has 0 saturated heterocycles. The van der Waals surface area contributed by atoms with E-state index < -0.39 is 42.7 Å². The lowest BCUT2D eigenvalue weighted by atomic mass is 10.1. The third-order valence-corrected chi connectivity index (χ3v) is 4.62. The van der Waals surface area contributed by atoms with E-state index in [1.165, 1.54) is 42.7 Å². The van der Waals surface area contributed by atoms with Crippen LogP contribution in [0.5, 0.6) is 5.75 Å². The Morgan fingerprint density at radius 1 is 0.829 bits per heavy atom. The number of benzene rings is 2. The van der Waals surface area contributed by atoms with Gasteiger partial charge in [0, 0.05) is 5.56 Å². The first-order valence-electron chi connectivity index (χ1n) is 10.5. The second kappa shape index (κ2) is 11.9. The number of hydrogen-bond acceptors (Lipinski definition) is 8. The van der Waals surface area contributed by atoms with Gasteiger partial charge in [0.1, 0.15) is 12.3 Å². The molecule has 0 aliphatic carbocycles. The Morgan fingerprint density at radius 2 is 1.51 bits per heavy atom. The quantitative estimate of drug-likeness (QED) is 0.256. The highest BCUT2D eigenvalue weighted by Crippen LogP contribution is 2.15. The third-order valence-electron chi connectivity index (χ3n) is 4.62. The van der Waals surface area contributed by atoms with Gasteiger partial charge in [-0.25, -0.2) is 4.79 Å². The minimum absolute atomic E-state index is 0.0492. The average molecular weight is 478 g/mol. The van der Waals surface area contributed by atoms with Gasteiger partial charge in [-0.15, -0.1) is 0 Å². The molecule has 10 heteroatoms. The van der Waals surface area contributed by atoms with Crippen molar-refractivity contribution in [1.82, 2.24) is 10.6 Å². The van der Waals surface area contributed by atoms with Crippen molar-refractivity contribution in [1.29, 1.82) is 0 Å². The molecule has 0 aliphatic rings. The summed E-state index contributed by atoms with van der Waals surface area (Å²) < 4.78 is 15.0. The molecule has 35 heavy (non-hydrogen) atoms. The summed E-state index contributed by atoms with van der Waals surface area (Å²) in [7, 11) is 0.